The third kappa shape index (κ3) is 4.57. The highest BCUT2D eigenvalue weighted by molar-refractivity contribution is 7.92. The minimum atomic E-state index is -4.59. The van der Waals surface area contributed by atoms with E-state index in [9.17, 15) is 21.6 Å². The van der Waals surface area contributed by atoms with Crippen molar-refractivity contribution in [1.29, 1.82) is 0 Å². The number of pyridine rings is 1. The average Bonchev–Trinajstić information content (AvgIpc) is 3.39. The molecule has 0 saturated carbocycles. The van der Waals surface area contributed by atoms with E-state index in [1.165, 1.54) is 6.33 Å². The van der Waals surface area contributed by atoms with E-state index < -0.39 is 55.1 Å². The lowest BCUT2D eigenvalue weighted by molar-refractivity contribution is 0.498. The van der Waals surface area contributed by atoms with Gasteiger partial charge in [-0.1, -0.05) is 12.1 Å². The number of nitrogens with one attached hydrogen (secondary N) is 2. The Morgan fingerprint density at radius 2 is 1.59 bits per heavy atom. The van der Waals surface area contributed by atoms with Crippen LogP contribution < -0.4 is 10.0 Å². The Bertz CT molecular complexity index is 2100. The summed E-state index contributed by atoms with van der Waals surface area (Å²) >= 11 is 0. The minimum absolute atomic E-state index is 0.0597. The van der Waals surface area contributed by atoms with Crippen LogP contribution in [0.4, 0.5) is 34.8 Å². The Morgan fingerprint density at radius 3 is 2.41 bits per heavy atom. The summed E-state index contributed by atoms with van der Waals surface area (Å²) in [5, 5.41) is 2.55. The molecule has 0 amide bonds. The van der Waals surface area contributed by atoms with Crippen LogP contribution in [0.25, 0.3) is 27.9 Å². The van der Waals surface area contributed by atoms with Crippen LogP contribution in [0.15, 0.2) is 78.2 Å². The van der Waals surface area contributed by atoms with Crippen LogP contribution in [-0.2, 0) is 10.0 Å². The van der Waals surface area contributed by atoms with E-state index in [1.54, 1.807) is 23.0 Å². The van der Waals surface area contributed by atoms with Crippen molar-refractivity contribution in [2.75, 3.05) is 10.0 Å². The fraction of sp³-hybridized carbons (Fsp3) is 0.0370. The predicted octanol–water partition coefficient (Wildman–Crippen LogP) is 5.77. The number of imidazole rings is 1. The molecule has 206 valence electrons. The second kappa shape index (κ2) is 9.82. The fourth-order valence-corrected chi connectivity index (χ4v) is 5.58. The Labute approximate surface area is 229 Å². The number of fused-ring (bicyclic) bond motifs is 2. The highest BCUT2D eigenvalue weighted by Crippen LogP contribution is 2.32. The largest absolute Gasteiger partial charge is 0.333 e. The van der Waals surface area contributed by atoms with Gasteiger partial charge in [0.2, 0.25) is 0 Å². The lowest BCUT2D eigenvalue weighted by Gasteiger charge is -2.15. The van der Waals surface area contributed by atoms with Gasteiger partial charge in [0, 0.05) is 5.56 Å². The first-order valence-corrected chi connectivity index (χ1v) is 13.4. The Kier molecular flexibility index (Phi) is 6.26. The van der Waals surface area contributed by atoms with Crippen LogP contribution >= 0.6 is 0 Å². The molecule has 0 aliphatic rings. The number of anilines is 3. The number of sulfonamides is 1. The van der Waals surface area contributed by atoms with Gasteiger partial charge in [0.25, 0.3) is 10.0 Å². The van der Waals surface area contributed by atoms with E-state index in [2.05, 4.69) is 25.3 Å². The molecule has 2 N–H and O–H groups in total. The molecule has 0 radical (unpaired) electrons. The standard InChI is InChI=1S/C27H17F4N7O2S/c1-14-21(10-7-15(28)23(14)30)41(39,40)37-18-8-6-16(29)25(24(18)31)36-27-26-19(32-12-33-27)9-11-22(35-26)38-13-34-17-4-2-3-5-20(17)38/h2-13,37H,1H3,(H,32,33,36). The first-order valence-electron chi connectivity index (χ1n) is 11.9. The highest BCUT2D eigenvalue weighted by Gasteiger charge is 2.24. The van der Waals surface area contributed by atoms with Crippen molar-refractivity contribution in [2.24, 2.45) is 0 Å². The lowest BCUT2D eigenvalue weighted by Crippen LogP contribution is -2.17. The number of rotatable bonds is 6. The third-order valence-corrected chi connectivity index (χ3v) is 7.84. The summed E-state index contributed by atoms with van der Waals surface area (Å²) < 4.78 is 87.4. The molecule has 0 fully saturated rings. The summed E-state index contributed by atoms with van der Waals surface area (Å²) in [6, 6.07) is 13.9. The van der Waals surface area contributed by atoms with Crippen molar-refractivity contribution >= 4 is 49.3 Å². The molecule has 3 aromatic heterocycles. The molecule has 0 bridgehead atoms. The zero-order chi connectivity index (χ0) is 28.9. The molecule has 0 spiro atoms. The summed E-state index contributed by atoms with van der Waals surface area (Å²) in [7, 11) is -4.59. The van der Waals surface area contributed by atoms with Crippen molar-refractivity contribution in [3.05, 3.63) is 102 Å². The summed E-state index contributed by atoms with van der Waals surface area (Å²) in [5.41, 5.74) is 0.172. The Hall–Kier alpha value is -5.11. The first kappa shape index (κ1) is 26.1. The molecule has 0 saturated heterocycles. The van der Waals surface area contributed by atoms with E-state index in [0.717, 1.165) is 36.2 Å². The van der Waals surface area contributed by atoms with Gasteiger partial charge in [0.15, 0.2) is 23.3 Å². The van der Waals surface area contributed by atoms with Gasteiger partial charge >= 0.3 is 0 Å². The van der Waals surface area contributed by atoms with Gasteiger partial charge in [-0.05, 0) is 55.5 Å². The van der Waals surface area contributed by atoms with Crippen molar-refractivity contribution in [2.45, 2.75) is 11.8 Å². The zero-order valence-corrected chi connectivity index (χ0v) is 21.7. The third-order valence-electron chi connectivity index (χ3n) is 6.33. The minimum Gasteiger partial charge on any atom is -0.333 e. The summed E-state index contributed by atoms with van der Waals surface area (Å²) in [6.07, 6.45) is 2.76. The molecule has 6 aromatic rings. The van der Waals surface area contributed by atoms with Gasteiger partial charge < -0.3 is 5.32 Å². The molecule has 3 aromatic carbocycles. The smallest absolute Gasteiger partial charge is 0.262 e. The number of hydrogen-bond acceptors (Lipinski definition) is 7. The van der Waals surface area contributed by atoms with Crippen molar-refractivity contribution in [3.63, 3.8) is 0 Å². The molecule has 0 aliphatic heterocycles. The van der Waals surface area contributed by atoms with Gasteiger partial charge in [0.1, 0.15) is 35.5 Å². The highest BCUT2D eigenvalue weighted by atomic mass is 32.2. The summed E-state index contributed by atoms with van der Waals surface area (Å²) in [4.78, 5) is 16.6. The van der Waals surface area contributed by atoms with Crippen molar-refractivity contribution < 1.29 is 26.0 Å². The lowest BCUT2D eigenvalue weighted by atomic mass is 10.2. The number of benzene rings is 3. The van der Waals surface area contributed by atoms with Crippen LogP contribution in [0.5, 0.6) is 0 Å². The van der Waals surface area contributed by atoms with E-state index in [1.807, 2.05) is 29.0 Å². The molecule has 14 heteroatoms. The van der Waals surface area contributed by atoms with Crippen LogP contribution in [0.2, 0.25) is 0 Å². The van der Waals surface area contributed by atoms with E-state index in [-0.39, 0.29) is 11.3 Å². The molecule has 41 heavy (non-hydrogen) atoms. The van der Waals surface area contributed by atoms with Gasteiger partial charge in [-0.15, -0.1) is 0 Å². The maximum absolute atomic E-state index is 15.5. The fourth-order valence-electron chi connectivity index (χ4n) is 4.29. The molecule has 0 atom stereocenters. The van der Waals surface area contributed by atoms with Gasteiger partial charge in [0.05, 0.1) is 27.1 Å². The van der Waals surface area contributed by atoms with E-state index in [0.29, 0.717) is 17.4 Å². The second-order valence-corrected chi connectivity index (χ2v) is 10.5. The van der Waals surface area contributed by atoms with Crippen molar-refractivity contribution in [3.8, 4) is 5.82 Å². The van der Waals surface area contributed by atoms with Crippen molar-refractivity contribution in [1.82, 2.24) is 24.5 Å². The normalized spacial score (nSPS) is 11.7. The van der Waals surface area contributed by atoms with E-state index in [4.69, 9.17) is 0 Å². The zero-order valence-electron chi connectivity index (χ0n) is 20.9. The monoisotopic (exact) mass is 579 g/mol. The van der Waals surface area contributed by atoms with E-state index >= 15 is 4.39 Å². The quantitative estimate of drug-likeness (QED) is 0.241. The number of nitrogens with zero attached hydrogens (tertiary/aromatic N) is 5. The first-order chi connectivity index (χ1) is 19.6. The average molecular weight is 580 g/mol. The van der Waals surface area contributed by atoms with Gasteiger partial charge in [-0.2, -0.15) is 0 Å². The maximum atomic E-state index is 15.5. The maximum Gasteiger partial charge on any atom is 0.262 e. The van der Waals surface area contributed by atoms with Crippen LogP contribution in [0.3, 0.4) is 0 Å². The second-order valence-electron chi connectivity index (χ2n) is 8.86. The van der Waals surface area contributed by atoms with Gasteiger partial charge in [-0.25, -0.2) is 45.9 Å². The van der Waals surface area contributed by atoms with Gasteiger partial charge in [-0.3, -0.25) is 9.29 Å². The number of para-hydroxylation sites is 2. The summed E-state index contributed by atoms with van der Waals surface area (Å²) in [6.45, 7) is 1.06. The molecule has 0 unspecified atom stereocenters. The Morgan fingerprint density at radius 1 is 0.805 bits per heavy atom. The molecule has 6 rings (SSSR count). The number of halogens is 4. The van der Waals surface area contributed by atoms with Crippen LogP contribution in [0.1, 0.15) is 5.56 Å². The molecular formula is C27H17F4N7O2S. The van der Waals surface area contributed by atoms with Crippen LogP contribution in [0, 0.1) is 30.2 Å². The van der Waals surface area contributed by atoms with Crippen LogP contribution in [-0.4, -0.2) is 32.9 Å². The number of aromatic nitrogens is 5. The topological polar surface area (TPSA) is 115 Å². The molecular weight excluding hydrogens is 562 g/mol. The Balaban J connectivity index is 1.39. The molecule has 9 nitrogen and oxygen atoms in total. The SMILES string of the molecule is Cc1c(S(=O)(=O)Nc2ccc(F)c(Nc3ncnc4ccc(-n5cnc6ccccc65)nc34)c2F)ccc(F)c1F. The molecule has 0 aliphatic carbocycles. The summed E-state index contributed by atoms with van der Waals surface area (Å²) in [5.74, 6) is -4.59. The molecule has 3 heterocycles. The predicted molar refractivity (Wildman–Crippen MR) is 144 cm³/mol. The number of hydrogen-bond donors (Lipinski definition) is 2.